The van der Waals surface area contributed by atoms with E-state index in [-0.39, 0.29) is 16.8 Å². The summed E-state index contributed by atoms with van der Waals surface area (Å²) in [5.41, 5.74) is 0. The van der Waals surface area contributed by atoms with Gasteiger partial charge in [0.05, 0.1) is 9.77 Å². The molecule has 1 amide bonds. The molecule has 0 aliphatic carbocycles. The van der Waals surface area contributed by atoms with Gasteiger partial charge in [0.1, 0.15) is 5.82 Å². The van der Waals surface area contributed by atoms with Crippen LogP contribution in [0.15, 0.2) is 34.7 Å². The first-order valence-corrected chi connectivity index (χ1v) is 10.3. The molecule has 2 aromatic rings. The van der Waals surface area contributed by atoms with E-state index in [1.54, 1.807) is 11.1 Å². The first-order chi connectivity index (χ1) is 11.4. The van der Waals surface area contributed by atoms with Crippen LogP contribution >= 0.6 is 11.3 Å². The molecule has 0 aromatic carbocycles. The minimum atomic E-state index is -3.27. The highest BCUT2D eigenvalue weighted by Gasteiger charge is 2.25. The molecule has 1 N–H and O–H groups in total. The van der Waals surface area contributed by atoms with E-state index >= 15 is 0 Å². The number of thiophene rings is 1. The lowest BCUT2D eigenvalue weighted by Gasteiger charge is -2.32. The minimum absolute atomic E-state index is 0.104. The first-order valence-electron chi connectivity index (χ1n) is 7.55. The van der Waals surface area contributed by atoms with Crippen molar-refractivity contribution in [2.24, 2.45) is 0 Å². The zero-order valence-corrected chi connectivity index (χ0v) is 14.8. The number of sulfone groups is 1. The van der Waals surface area contributed by atoms with Gasteiger partial charge in [0.2, 0.25) is 0 Å². The number of piperidine rings is 1. The van der Waals surface area contributed by atoms with Crippen LogP contribution in [0.5, 0.6) is 0 Å². The monoisotopic (exact) mass is 366 g/mol. The summed E-state index contributed by atoms with van der Waals surface area (Å²) in [5.74, 6) is 0.631. The zero-order valence-electron chi connectivity index (χ0n) is 13.2. The number of anilines is 1. The average molecular weight is 366 g/mol. The van der Waals surface area contributed by atoms with Gasteiger partial charge in [-0.15, -0.1) is 16.4 Å². The molecule has 24 heavy (non-hydrogen) atoms. The topological polar surface area (TPSA) is 92.3 Å². The predicted octanol–water partition coefficient (Wildman–Crippen LogP) is 1.66. The van der Waals surface area contributed by atoms with Gasteiger partial charge in [-0.1, -0.05) is 0 Å². The van der Waals surface area contributed by atoms with E-state index < -0.39 is 9.84 Å². The SMILES string of the molecule is CS(=O)(=O)c1csc(C(=O)N2CCC(Nc3cccnn3)CC2)c1. The van der Waals surface area contributed by atoms with Crippen molar-refractivity contribution in [3.63, 3.8) is 0 Å². The molecule has 0 radical (unpaired) electrons. The highest BCUT2D eigenvalue weighted by molar-refractivity contribution is 7.90. The Kier molecular flexibility index (Phi) is 4.81. The maximum absolute atomic E-state index is 12.5. The Morgan fingerprint density at radius 2 is 2.12 bits per heavy atom. The minimum Gasteiger partial charge on any atom is -0.366 e. The highest BCUT2D eigenvalue weighted by Crippen LogP contribution is 2.23. The van der Waals surface area contributed by atoms with Crippen LogP contribution in [0.1, 0.15) is 22.5 Å². The van der Waals surface area contributed by atoms with Crippen molar-refractivity contribution in [1.82, 2.24) is 15.1 Å². The maximum atomic E-state index is 12.5. The van der Waals surface area contributed by atoms with Gasteiger partial charge in [0.15, 0.2) is 9.84 Å². The Morgan fingerprint density at radius 1 is 1.38 bits per heavy atom. The summed E-state index contributed by atoms with van der Waals surface area (Å²) >= 11 is 1.18. The molecular weight excluding hydrogens is 348 g/mol. The van der Waals surface area contributed by atoms with Crippen molar-refractivity contribution in [2.45, 2.75) is 23.8 Å². The number of nitrogens with zero attached hydrogens (tertiary/aromatic N) is 3. The van der Waals surface area contributed by atoms with E-state index in [2.05, 4.69) is 15.5 Å². The summed E-state index contributed by atoms with van der Waals surface area (Å²) in [6.45, 7) is 1.26. The van der Waals surface area contributed by atoms with Crippen LogP contribution in [0.4, 0.5) is 5.82 Å². The molecule has 1 aliphatic heterocycles. The van der Waals surface area contributed by atoms with Crippen molar-refractivity contribution in [2.75, 3.05) is 24.7 Å². The lowest BCUT2D eigenvalue weighted by atomic mass is 10.0. The van der Waals surface area contributed by atoms with Gasteiger partial charge in [-0.2, -0.15) is 5.10 Å². The third-order valence-electron chi connectivity index (χ3n) is 3.92. The molecule has 0 bridgehead atoms. The predicted molar refractivity (Wildman–Crippen MR) is 92.0 cm³/mol. The van der Waals surface area contributed by atoms with Crippen LogP contribution in [0.2, 0.25) is 0 Å². The number of amides is 1. The molecule has 0 unspecified atom stereocenters. The standard InChI is InChI=1S/C15H18N4O3S2/c1-24(21,22)12-9-13(23-10-12)15(20)19-7-4-11(5-8-19)17-14-3-2-6-16-18-14/h2-3,6,9-11H,4-5,7-8H2,1H3,(H,17,18). The number of hydrogen-bond donors (Lipinski definition) is 1. The van der Waals surface area contributed by atoms with Gasteiger partial charge < -0.3 is 10.2 Å². The fraction of sp³-hybridized carbons (Fsp3) is 0.400. The highest BCUT2D eigenvalue weighted by atomic mass is 32.2. The van der Waals surface area contributed by atoms with Gasteiger partial charge in [-0.3, -0.25) is 4.79 Å². The number of carbonyl (C=O) groups excluding carboxylic acids is 1. The smallest absolute Gasteiger partial charge is 0.263 e. The molecule has 0 atom stereocenters. The van der Waals surface area contributed by atoms with Gasteiger partial charge >= 0.3 is 0 Å². The Hall–Kier alpha value is -2.00. The van der Waals surface area contributed by atoms with Crippen molar-refractivity contribution < 1.29 is 13.2 Å². The summed E-state index contributed by atoms with van der Waals surface area (Å²) < 4.78 is 23.0. The van der Waals surface area contributed by atoms with Crippen LogP contribution in [0.3, 0.4) is 0 Å². The molecule has 0 spiro atoms. The van der Waals surface area contributed by atoms with E-state index in [1.807, 2.05) is 12.1 Å². The summed E-state index contributed by atoms with van der Waals surface area (Å²) in [4.78, 5) is 14.9. The number of hydrogen-bond acceptors (Lipinski definition) is 7. The van der Waals surface area contributed by atoms with Crippen molar-refractivity contribution >= 4 is 32.9 Å². The van der Waals surface area contributed by atoms with Crippen LogP contribution in [-0.2, 0) is 9.84 Å². The van der Waals surface area contributed by atoms with Gasteiger partial charge in [-0.25, -0.2) is 8.42 Å². The lowest BCUT2D eigenvalue weighted by Crippen LogP contribution is -2.42. The average Bonchev–Trinajstić information content (AvgIpc) is 3.06. The summed E-state index contributed by atoms with van der Waals surface area (Å²) in [5, 5.41) is 12.7. The fourth-order valence-electron chi connectivity index (χ4n) is 2.60. The van der Waals surface area contributed by atoms with Gasteiger partial charge in [0, 0.05) is 37.0 Å². The van der Waals surface area contributed by atoms with Crippen molar-refractivity contribution in [1.29, 1.82) is 0 Å². The molecule has 1 aliphatic rings. The second kappa shape index (κ2) is 6.86. The molecule has 9 heteroatoms. The van der Waals surface area contributed by atoms with Gasteiger partial charge in [-0.05, 0) is 31.0 Å². The molecule has 2 aromatic heterocycles. The Morgan fingerprint density at radius 3 is 2.71 bits per heavy atom. The normalized spacial score (nSPS) is 16.1. The second-order valence-corrected chi connectivity index (χ2v) is 8.67. The van der Waals surface area contributed by atoms with E-state index in [1.165, 1.54) is 22.8 Å². The Labute approximate surface area is 144 Å². The van der Waals surface area contributed by atoms with Crippen molar-refractivity contribution in [3.8, 4) is 0 Å². The molecule has 1 fully saturated rings. The van der Waals surface area contributed by atoms with Crippen molar-refractivity contribution in [3.05, 3.63) is 34.7 Å². The quantitative estimate of drug-likeness (QED) is 0.885. The number of rotatable bonds is 4. The first kappa shape index (κ1) is 16.8. The molecule has 0 saturated carbocycles. The van der Waals surface area contributed by atoms with E-state index in [9.17, 15) is 13.2 Å². The number of aromatic nitrogens is 2. The number of likely N-dealkylation sites (tertiary alicyclic amines) is 1. The van der Waals surface area contributed by atoms with Crippen LogP contribution in [0, 0.1) is 0 Å². The van der Waals surface area contributed by atoms with E-state index in [4.69, 9.17) is 0 Å². The molecule has 3 rings (SSSR count). The summed E-state index contributed by atoms with van der Waals surface area (Å²) in [7, 11) is -3.27. The third kappa shape index (κ3) is 3.90. The third-order valence-corrected chi connectivity index (χ3v) is 6.08. The lowest BCUT2D eigenvalue weighted by molar-refractivity contribution is 0.0723. The van der Waals surface area contributed by atoms with E-state index in [0.29, 0.717) is 18.0 Å². The summed E-state index contributed by atoms with van der Waals surface area (Å²) in [6, 6.07) is 5.40. The summed E-state index contributed by atoms with van der Waals surface area (Å²) in [6.07, 6.45) is 4.39. The Bertz CT molecular complexity index is 812. The van der Waals surface area contributed by atoms with E-state index in [0.717, 1.165) is 24.9 Å². The molecule has 3 heterocycles. The second-order valence-electron chi connectivity index (χ2n) is 5.74. The van der Waals surface area contributed by atoms with Crippen LogP contribution < -0.4 is 5.32 Å². The number of nitrogens with one attached hydrogen (secondary N) is 1. The Balaban J connectivity index is 1.58. The van der Waals surface area contributed by atoms with Gasteiger partial charge in [0.25, 0.3) is 5.91 Å². The fourth-order valence-corrected chi connectivity index (χ4v) is 4.58. The molecule has 1 saturated heterocycles. The molecule has 7 nitrogen and oxygen atoms in total. The largest absolute Gasteiger partial charge is 0.366 e. The molecular formula is C15H18N4O3S2. The molecule has 128 valence electrons. The van der Waals surface area contributed by atoms with Crippen LogP contribution in [-0.4, -0.2) is 54.8 Å². The zero-order chi connectivity index (χ0) is 17.2. The maximum Gasteiger partial charge on any atom is 0.263 e. The van der Waals surface area contributed by atoms with Crippen LogP contribution in [0.25, 0.3) is 0 Å². The number of carbonyl (C=O) groups is 1.